The van der Waals surface area contributed by atoms with Crippen molar-refractivity contribution in [2.24, 2.45) is 11.7 Å². The SMILES string of the molecule is COc1cc([C@@H](N)CC2CC2)cc2c1OCO2. The van der Waals surface area contributed by atoms with E-state index in [4.69, 9.17) is 19.9 Å². The minimum Gasteiger partial charge on any atom is -0.493 e. The molecule has 0 bridgehead atoms. The fourth-order valence-corrected chi connectivity index (χ4v) is 2.21. The summed E-state index contributed by atoms with van der Waals surface area (Å²) < 4.78 is 16.1. The largest absolute Gasteiger partial charge is 0.493 e. The molecule has 0 spiro atoms. The van der Waals surface area contributed by atoms with E-state index in [2.05, 4.69) is 0 Å². The Bertz CT molecular complexity index is 429. The van der Waals surface area contributed by atoms with Crippen LogP contribution in [0, 0.1) is 5.92 Å². The number of benzene rings is 1. The number of nitrogens with two attached hydrogens (primary N) is 1. The third-order valence-electron chi connectivity index (χ3n) is 3.39. The predicted molar refractivity (Wildman–Crippen MR) is 63.4 cm³/mol. The summed E-state index contributed by atoms with van der Waals surface area (Å²) in [7, 11) is 1.63. The first kappa shape index (κ1) is 10.7. The van der Waals surface area contributed by atoms with Crippen LogP contribution in [0.1, 0.15) is 30.9 Å². The Morgan fingerprint density at radius 2 is 2.24 bits per heavy atom. The topological polar surface area (TPSA) is 53.7 Å². The number of hydrogen-bond donors (Lipinski definition) is 1. The third kappa shape index (κ3) is 2.05. The van der Waals surface area contributed by atoms with Crippen LogP contribution in [0.15, 0.2) is 12.1 Å². The van der Waals surface area contributed by atoms with Crippen molar-refractivity contribution < 1.29 is 14.2 Å². The minimum absolute atomic E-state index is 0.0610. The van der Waals surface area contributed by atoms with Gasteiger partial charge in [0.25, 0.3) is 0 Å². The molecule has 1 aliphatic carbocycles. The summed E-state index contributed by atoms with van der Waals surface area (Å²) >= 11 is 0. The smallest absolute Gasteiger partial charge is 0.231 e. The number of hydrogen-bond acceptors (Lipinski definition) is 4. The molecule has 0 radical (unpaired) electrons. The fourth-order valence-electron chi connectivity index (χ4n) is 2.21. The zero-order chi connectivity index (χ0) is 11.8. The summed E-state index contributed by atoms with van der Waals surface area (Å²) in [4.78, 5) is 0. The first-order chi connectivity index (χ1) is 8.28. The molecular formula is C13H17NO3. The van der Waals surface area contributed by atoms with Gasteiger partial charge >= 0.3 is 0 Å². The van der Waals surface area contributed by atoms with Gasteiger partial charge in [0.05, 0.1) is 7.11 Å². The summed E-state index contributed by atoms with van der Waals surface area (Å²) in [6, 6.07) is 3.99. The Morgan fingerprint density at radius 1 is 1.41 bits per heavy atom. The number of methoxy groups -OCH3 is 1. The molecule has 92 valence electrons. The highest BCUT2D eigenvalue weighted by atomic mass is 16.7. The van der Waals surface area contributed by atoms with Crippen LogP contribution >= 0.6 is 0 Å². The molecule has 1 aliphatic heterocycles. The van der Waals surface area contributed by atoms with Crippen molar-refractivity contribution in [1.29, 1.82) is 0 Å². The van der Waals surface area contributed by atoms with E-state index in [1.54, 1.807) is 7.11 Å². The van der Waals surface area contributed by atoms with Gasteiger partial charge in [0.1, 0.15) is 0 Å². The van der Waals surface area contributed by atoms with Crippen molar-refractivity contribution in [2.45, 2.75) is 25.3 Å². The normalized spacial score (nSPS) is 19.2. The van der Waals surface area contributed by atoms with Gasteiger partial charge in [-0.2, -0.15) is 0 Å². The Morgan fingerprint density at radius 3 is 2.94 bits per heavy atom. The molecule has 1 heterocycles. The van der Waals surface area contributed by atoms with Gasteiger partial charge in [0.2, 0.25) is 12.5 Å². The molecule has 2 aliphatic rings. The Labute approximate surface area is 101 Å². The van der Waals surface area contributed by atoms with E-state index in [1.165, 1.54) is 12.8 Å². The molecule has 1 aromatic rings. The predicted octanol–water partition coefficient (Wildman–Crippen LogP) is 2.22. The second-order valence-electron chi connectivity index (χ2n) is 4.74. The molecule has 3 rings (SSSR count). The lowest BCUT2D eigenvalue weighted by Crippen LogP contribution is -2.11. The van der Waals surface area contributed by atoms with Gasteiger partial charge in [-0.25, -0.2) is 0 Å². The molecule has 1 aromatic carbocycles. The highest BCUT2D eigenvalue weighted by molar-refractivity contribution is 5.55. The summed E-state index contributed by atoms with van der Waals surface area (Å²) in [5.41, 5.74) is 7.27. The molecule has 17 heavy (non-hydrogen) atoms. The van der Waals surface area contributed by atoms with Crippen molar-refractivity contribution in [3.63, 3.8) is 0 Å². The maximum atomic E-state index is 6.20. The number of fused-ring (bicyclic) bond motifs is 1. The van der Waals surface area contributed by atoms with E-state index in [0.29, 0.717) is 11.5 Å². The van der Waals surface area contributed by atoms with Crippen LogP contribution in [0.4, 0.5) is 0 Å². The lowest BCUT2D eigenvalue weighted by atomic mass is 10.0. The van der Waals surface area contributed by atoms with Gasteiger partial charge in [0, 0.05) is 6.04 Å². The maximum Gasteiger partial charge on any atom is 0.231 e. The molecule has 4 heteroatoms. The highest BCUT2D eigenvalue weighted by Crippen LogP contribution is 2.44. The summed E-state index contributed by atoms with van der Waals surface area (Å²) in [5, 5.41) is 0. The molecule has 0 unspecified atom stereocenters. The maximum absolute atomic E-state index is 6.20. The zero-order valence-corrected chi connectivity index (χ0v) is 9.94. The van der Waals surface area contributed by atoms with Crippen LogP contribution in [-0.2, 0) is 0 Å². The van der Waals surface area contributed by atoms with Crippen molar-refractivity contribution in [2.75, 3.05) is 13.9 Å². The second-order valence-corrected chi connectivity index (χ2v) is 4.74. The van der Waals surface area contributed by atoms with E-state index >= 15 is 0 Å². The van der Waals surface area contributed by atoms with Crippen LogP contribution in [0.3, 0.4) is 0 Å². The average Bonchev–Trinajstić information content (AvgIpc) is 3.02. The van der Waals surface area contributed by atoms with Gasteiger partial charge in [-0.1, -0.05) is 12.8 Å². The van der Waals surface area contributed by atoms with E-state index < -0.39 is 0 Å². The molecule has 2 N–H and O–H groups in total. The Hall–Kier alpha value is -1.42. The Kier molecular flexibility index (Phi) is 2.59. The van der Waals surface area contributed by atoms with Crippen molar-refractivity contribution in [3.8, 4) is 17.2 Å². The Balaban J connectivity index is 1.88. The van der Waals surface area contributed by atoms with Crippen LogP contribution in [-0.4, -0.2) is 13.9 Å². The van der Waals surface area contributed by atoms with E-state index in [0.717, 1.165) is 23.7 Å². The van der Waals surface area contributed by atoms with Crippen LogP contribution < -0.4 is 19.9 Å². The molecule has 1 fully saturated rings. The second kappa shape index (κ2) is 4.11. The summed E-state index contributed by atoms with van der Waals surface area (Å²) in [6.07, 6.45) is 3.67. The van der Waals surface area contributed by atoms with E-state index in [9.17, 15) is 0 Å². The molecular weight excluding hydrogens is 218 g/mol. The van der Waals surface area contributed by atoms with E-state index in [-0.39, 0.29) is 12.8 Å². The first-order valence-corrected chi connectivity index (χ1v) is 6.01. The number of rotatable bonds is 4. The monoisotopic (exact) mass is 235 g/mol. The first-order valence-electron chi connectivity index (χ1n) is 6.01. The molecule has 1 saturated carbocycles. The lowest BCUT2D eigenvalue weighted by Gasteiger charge is -2.14. The number of ether oxygens (including phenoxy) is 3. The highest BCUT2D eigenvalue weighted by Gasteiger charge is 2.27. The fraction of sp³-hybridized carbons (Fsp3) is 0.538. The average molecular weight is 235 g/mol. The quantitative estimate of drug-likeness (QED) is 0.869. The van der Waals surface area contributed by atoms with Crippen LogP contribution in [0.2, 0.25) is 0 Å². The molecule has 0 aromatic heterocycles. The molecule has 0 amide bonds. The van der Waals surface area contributed by atoms with Crippen molar-refractivity contribution >= 4 is 0 Å². The van der Waals surface area contributed by atoms with Gasteiger partial charge < -0.3 is 19.9 Å². The van der Waals surface area contributed by atoms with Gasteiger partial charge in [-0.05, 0) is 30.0 Å². The lowest BCUT2D eigenvalue weighted by molar-refractivity contribution is 0.171. The van der Waals surface area contributed by atoms with Crippen molar-refractivity contribution in [3.05, 3.63) is 17.7 Å². The zero-order valence-electron chi connectivity index (χ0n) is 9.94. The third-order valence-corrected chi connectivity index (χ3v) is 3.39. The van der Waals surface area contributed by atoms with Crippen LogP contribution in [0.25, 0.3) is 0 Å². The molecule has 0 saturated heterocycles. The minimum atomic E-state index is 0.0610. The molecule has 1 atom stereocenters. The standard InChI is InChI=1S/C13H17NO3/c1-15-11-5-9(10(14)4-8-2-3-8)6-12-13(11)17-7-16-12/h5-6,8,10H,2-4,7,14H2,1H3/t10-/m0/s1. The van der Waals surface area contributed by atoms with Gasteiger partial charge in [0.15, 0.2) is 11.5 Å². The van der Waals surface area contributed by atoms with Crippen LogP contribution in [0.5, 0.6) is 17.2 Å². The summed E-state index contributed by atoms with van der Waals surface area (Å²) in [6.45, 7) is 0.257. The van der Waals surface area contributed by atoms with Gasteiger partial charge in [-0.3, -0.25) is 0 Å². The van der Waals surface area contributed by atoms with E-state index in [1.807, 2.05) is 12.1 Å². The summed E-state index contributed by atoms with van der Waals surface area (Å²) in [5.74, 6) is 2.95. The van der Waals surface area contributed by atoms with Crippen molar-refractivity contribution in [1.82, 2.24) is 0 Å². The molecule has 4 nitrogen and oxygen atoms in total. The van der Waals surface area contributed by atoms with Gasteiger partial charge in [-0.15, -0.1) is 0 Å².